The second kappa shape index (κ2) is 7.35. The summed E-state index contributed by atoms with van der Waals surface area (Å²) in [6.45, 7) is 1.63. The number of hydrogen-bond donors (Lipinski definition) is 1. The molecule has 0 saturated carbocycles. The topological polar surface area (TPSA) is 57.6 Å². The van der Waals surface area contributed by atoms with Crippen LogP contribution in [0, 0.1) is 0 Å². The summed E-state index contributed by atoms with van der Waals surface area (Å²) in [5, 5.41) is 8.76. The molecular formula is C13H14F3NO3S. The van der Waals surface area contributed by atoms with Crippen molar-refractivity contribution in [1.82, 2.24) is 4.90 Å². The van der Waals surface area contributed by atoms with Crippen LogP contribution in [0.25, 0.3) is 0 Å². The molecule has 21 heavy (non-hydrogen) atoms. The van der Waals surface area contributed by atoms with Crippen LogP contribution in [0.15, 0.2) is 29.2 Å². The van der Waals surface area contributed by atoms with Gasteiger partial charge < -0.3 is 10.0 Å². The number of hydrogen-bond acceptors (Lipinski definition) is 3. The molecule has 0 aliphatic carbocycles. The van der Waals surface area contributed by atoms with Gasteiger partial charge in [-0.3, -0.25) is 9.59 Å². The number of amides is 1. The van der Waals surface area contributed by atoms with Gasteiger partial charge in [-0.25, -0.2) is 0 Å². The molecule has 1 N–H and O–H groups in total. The molecule has 116 valence electrons. The van der Waals surface area contributed by atoms with E-state index in [1.807, 2.05) is 0 Å². The molecule has 0 aliphatic heterocycles. The number of halogens is 3. The molecule has 1 amide bonds. The van der Waals surface area contributed by atoms with Crippen LogP contribution in [0.4, 0.5) is 13.2 Å². The molecule has 1 rings (SSSR count). The van der Waals surface area contributed by atoms with E-state index in [1.165, 1.54) is 24.3 Å². The van der Waals surface area contributed by atoms with Crippen molar-refractivity contribution < 1.29 is 27.9 Å². The van der Waals surface area contributed by atoms with Gasteiger partial charge in [-0.2, -0.15) is 13.2 Å². The van der Waals surface area contributed by atoms with Gasteiger partial charge in [-0.15, -0.1) is 0 Å². The molecule has 0 aliphatic rings. The van der Waals surface area contributed by atoms with Crippen molar-refractivity contribution in [2.24, 2.45) is 0 Å². The van der Waals surface area contributed by atoms with Gasteiger partial charge in [-0.1, -0.05) is 6.92 Å². The summed E-state index contributed by atoms with van der Waals surface area (Å²) in [7, 11) is 0. The lowest BCUT2D eigenvalue weighted by molar-refractivity contribution is -0.137. The monoisotopic (exact) mass is 321 g/mol. The Morgan fingerprint density at radius 1 is 1.24 bits per heavy atom. The van der Waals surface area contributed by atoms with Crippen molar-refractivity contribution in [2.45, 2.75) is 23.7 Å². The largest absolute Gasteiger partial charge is 0.480 e. The Hall–Kier alpha value is -1.70. The number of thioether (sulfide) groups is 1. The molecule has 0 bridgehead atoms. The van der Waals surface area contributed by atoms with Crippen LogP contribution in [-0.4, -0.2) is 40.5 Å². The lowest BCUT2D eigenvalue weighted by Gasteiger charge is -2.20. The minimum atomic E-state index is -4.39. The second-order valence-electron chi connectivity index (χ2n) is 4.19. The summed E-state index contributed by atoms with van der Waals surface area (Å²) in [5.41, 5.74) is -4.22. The van der Waals surface area contributed by atoms with E-state index in [-0.39, 0.29) is 28.8 Å². The van der Waals surface area contributed by atoms with Gasteiger partial charge in [0.1, 0.15) is 6.54 Å². The highest BCUT2D eigenvalue weighted by Gasteiger charge is 2.29. The molecule has 0 radical (unpaired) electrons. The van der Waals surface area contributed by atoms with Gasteiger partial charge >= 0.3 is 11.5 Å². The predicted octanol–water partition coefficient (Wildman–Crippen LogP) is 3.24. The molecule has 0 fully saturated rings. The van der Waals surface area contributed by atoms with E-state index in [0.717, 1.165) is 4.90 Å². The van der Waals surface area contributed by atoms with E-state index in [4.69, 9.17) is 5.11 Å². The van der Waals surface area contributed by atoms with Gasteiger partial charge in [-0.05, 0) is 42.4 Å². The first-order valence-corrected chi connectivity index (χ1v) is 6.91. The molecule has 0 heterocycles. The van der Waals surface area contributed by atoms with E-state index >= 15 is 0 Å². The zero-order valence-corrected chi connectivity index (χ0v) is 12.0. The van der Waals surface area contributed by atoms with Gasteiger partial charge in [0.05, 0.1) is 0 Å². The number of benzene rings is 1. The van der Waals surface area contributed by atoms with Crippen LogP contribution in [0.5, 0.6) is 0 Å². The van der Waals surface area contributed by atoms with Crippen LogP contribution >= 0.6 is 11.8 Å². The fraction of sp³-hybridized carbons (Fsp3) is 0.385. The van der Waals surface area contributed by atoms with Crippen molar-refractivity contribution in [2.75, 3.05) is 13.1 Å². The minimum Gasteiger partial charge on any atom is -0.480 e. The SMILES string of the molecule is CCCN(CC(=O)O)C(=O)c1ccc(SC(F)(F)F)cc1. The van der Waals surface area contributed by atoms with Crippen molar-refractivity contribution in [3.63, 3.8) is 0 Å². The quantitative estimate of drug-likeness (QED) is 0.817. The Morgan fingerprint density at radius 2 is 1.81 bits per heavy atom. The number of carbonyl (C=O) groups is 2. The highest BCUT2D eigenvalue weighted by atomic mass is 32.2. The normalized spacial score (nSPS) is 11.2. The Kier molecular flexibility index (Phi) is 6.07. The fourth-order valence-electron chi connectivity index (χ4n) is 1.67. The summed E-state index contributed by atoms with van der Waals surface area (Å²) in [6, 6.07) is 4.91. The third kappa shape index (κ3) is 6.07. The van der Waals surface area contributed by atoms with E-state index in [1.54, 1.807) is 6.92 Å². The summed E-state index contributed by atoms with van der Waals surface area (Å²) in [4.78, 5) is 23.9. The molecule has 1 aromatic carbocycles. The first-order valence-electron chi connectivity index (χ1n) is 6.10. The molecule has 0 unspecified atom stereocenters. The zero-order chi connectivity index (χ0) is 16.0. The number of carboxylic acids is 1. The first-order chi connectivity index (χ1) is 9.73. The highest BCUT2D eigenvalue weighted by molar-refractivity contribution is 8.00. The maximum absolute atomic E-state index is 12.2. The number of nitrogens with zero attached hydrogens (tertiary/aromatic N) is 1. The number of carboxylic acid groups (broad SMARTS) is 1. The first kappa shape index (κ1) is 17.4. The fourth-order valence-corrected chi connectivity index (χ4v) is 2.21. The Labute approximate surface area is 123 Å². The van der Waals surface area contributed by atoms with E-state index < -0.39 is 23.9 Å². The summed E-state index contributed by atoms with van der Waals surface area (Å²) >= 11 is -0.269. The zero-order valence-electron chi connectivity index (χ0n) is 11.2. The maximum atomic E-state index is 12.2. The third-order valence-electron chi connectivity index (χ3n) is 2.44. The summed E-state index contributed by atoms with van der Waals surface area (Å²) in [5.74, 6) is -1.65. The van der Waals surface area contributed by atoms with E-state index in [2.05, 4.69) is 0 Å². The average molecular weight is 321 g/mol. The summed E-state index contributed by atoms with van der Waals surface area (Å²) in [6.07, 6.45) is 0.584. The third-order valence-corrected chi connectivity index (χ3v) is 3.18. The number of aliphatic carboxylic acids is 1. The number of carbonyl (C=O) groups excluding carboxylic acids is 1. The summed E-state index contributed by atoms with van der Waals surface area (Å²) < 4.78 is 36.6. The van der Waals surface area contributed by atoms with E-state index in [9.17, 15) is 22.8 Å². The Morgan fingerprint density at radius 3 is 2.24 bits per heavy atom. The standard InChI is InChI=1S/C13H14F3NO3S/c1-2-7-17(8-11(18)19)12(20)9-3-5-10(6-4-9)21-13(14,15)16/h3-6H,2,7-8H2,1H3,(H,18,19). The molecule has 8 heteroatoms. The Bertz CT molecular complexity index is 502. The van der Waals surface area contributed by atoms with Crippen LogP contribution in [0.1, 0.15) is 23.7 Å². The van der Waals surface area contributed by atoms with Crippen LogP contribution in [0.3, 0.4) is 0 Å². The molecule has 4 nitrogen and oxygen atoms in total. The van der Waals surface area contributed by atoms with Crippen molar-refractivity contribution in [3.8, 4) is 0 Å². The molecular weight excluding hydrogens is 307 g/mol. The number of rotatable bonds is 6. The molecule has 1 aromatic rings. The van der Waals surface area contributed by atoms with Gasteiger partial charge in [0.15, 0.2) is 0 Å². The lowest BCUT2D eigenvalue weighted by Crippen LogP contribution is -2.36. The van der Waals surface area contributed by atoms with Gasteiger partial charge in [0.25, 0.3) is 5.91 Å². The molecule has 0 saturated heterocycles. The second-order valence-corrected chi connectivity index (χ2v) is 5.33. The highest BCUT2D eigenvalue weighted by Crippen LogP contribution is 2.36. The minimum absolute atomic E-state index is 0.0284. The van der Waals surface area contributed by atoms with Gasteiger partial charge in [0.2, 0.25) is 0 Å². The lowest BCUT2D eigenvalue weighted by atomic mass is 10.2. The Balaban J connectivity index is 2.83. The smallest absolute Gasteiger partial charge is 0.446 e. The van der Waals surface area contributed by atoms with Crippen LogP contribution in [0.2, 0.25) is 0 Å². The molecule has 0 aromatic heterocycles. The van der Waals surface area contributed by atoms with E-state index in [0.29, 0.717) is 6.42 Å². The average Bonchev–Trinajstić information content (AvgIpc) is 2.36. The molecule has 0 atom stereocenters. The van der Waals surface area contributed by atoms with Crippen LogP contribution in [-0.2, 0) is 4.79 Å². The maximum Gasteiger partial charge on any atom is 0.446 e. The van der Waals surface area contributed by atoms with Crippen molar-refractivity contribution in [3.05, 3.63) is 29.8 Å². The number of alkyl halides is 3. The van der Waals surface area contributed by atoms with Crippen LogP contribution < -0.4 is 0 Å². The van der Waals surface area contributed by atoms with Gasteiger partial charge in [0, 0.05) is 17.0 Å². The molecule has 0 spiro atoms. The predicted molar refractivity (Wildman–Crippen MR) is 72.2 cm³/mol. The van der Waals surface area contributed by atoms with Crippen molar-refractivity contribution in [1.29, 1.82) is 0 Å². The van der Waals surface area contributed by atoms with Crippen molar-refractivity contribution >= 4 is 23.6 Å².